The normalized spacial score (nSPS) is 24.4. The molecule has 1 N–H and O–H groups in total. The van der Waals surface area contributed by atoms with E-state index in [0.717, 1.165) is 23.0 Å². The number of carboxylic acid groups (broad SMARTS) is 1. The van der Waals surface area contributed by atoms with E-state index in [1.165, 1.54) is 12.1 Å². The number of rotatable bonds is 3. The fourth-order valence-electron chi connectivity index (χ4n) is 2.52. The number of carboxylic acids is 1. The summed E-state index contributed by atoms with van der Waals surface area (Å²) < 4.78 is 14.1. The topological polar surface area (TPSA) is 40.5 Å². The minimum Gasteiger partial charge on any atom is -0.480 e. The van der Waals surface area contributed by atoms with Crippen LogP contribution in [0.15, 0.2) is 22.7 Å². The Hall–Kier alpha value is -0.940. The van der Waals surface area contributed by atoms with Crippen LogP contribution in [0.5, 0.6) is 0 Å². The van der Waals surface area contributed by atoms with E-state index in [2.05, 4.69) is 22.9 Å². The first-order valence-electron chi connectivity index (χ1n) is 6.38. The largest absolute Gasteiger partial charge is 0.480 e. The van der Waals surface area contributed by atoms with Crippen LogP contribution in [-0.2, 0) is 11.3 Å². The van der Waals surface area contributed by atoms with Crippen molar-refractivity contribution in [1.82, 2.24) is 4.90 Å². The predicted molar refractivity (Wildman–Crippen MR) is 74.3 cm³/mol. The molecular weight excluding hydrogens is 313 g/mol. The fourth-order valence-corrected chi connectivity index (χ4v) is 2.89. The van der Waals surface area contributed by atoms with Crippen molar-refractivity contribution in [1.29, 1.82) is 0 Å². The Morgan fingerprint density at radius 3 is 3.00 bits per heavy atom. The molecule has 1 aromatic carbocycles. The summed E-state index contributed by atoms with van der Waals surface area (Å²) in [6.45, 7) is 3.27. The Morgan fingerprint density at radius 1 is 1.58 bits per heavy atom. The monoisotopic (exact) mass is 329 g/mol. The number of piperidine rings is 1. The van der Waals surface area contributed by atoms with Gasteiger partial charge in [0.05, 0.1) is 0 Å². The lowest BCUT2D eigenvalue weighted by Crippen LogP contribution is -2.46. The molecule has 2 rings (SSSR count). The summed E-state index contributed by atoms with van der Waals surface area (Å²) in [7, 11) is 0. The van der Waals surface area contributed by atoms with Crippen molar-refractivity contribution < 1.29 is 14.3 Å². The number of benzene rings is 1. The smallest absolute Gasteiger partial charge is 0.320 e. The van der Waals surface area contributed by atoms with Gasteiger partial charge in [-0.05, 0) is 49.1 Å². The van der Waals surface area contributed by atoms with E-state index in [9.17, 15) is 14.3 Å². The molecule has 1 fully saturated rings. The van der Waals surface area contributed by atoms with Crippen LogP contribution in [0.3, 0.4) is 0 Å². The molecule has 0 saturated carbocycles. The van der Waals surface area contributed by atoms with Crippen molar-refractivity contribution >= 4 is 21.9 Å². The first-order chi connectivity index (χ1) is 8.97. The third-order valence-electron chi connectivity index (χ3n) is 3.64. The lowest BCUT2D eigenvalue weighted by molar-refractivity contribution is -0.145. The van der Waals surface area contributed by atoms with Crippen molar-refractivity contribution in [3.8, 4) is 0 Å². The molecule has 1 heterocycles. The molecule has 1 aromatic rings. The molecule has 0 aliphatic carbocycles. The van der Waals surface area contributed by atoms with Gasteiger partial charge in [-0.1, -0.05) is 22.9 Å². The van der Waals surface area contributed by atoms with Gasteiger partial charge in [0.25, 0.3) is 0 Å². The molecule has 1 saturated heterocycles. The second kappa shape index (κ2) is 6.01. The molecule has 5 heteroatoms. The van der Waals surface area contributed by atoms with Crippen molar-refractivity contribution in [2.45, 2.75) is 32.4 Å². The van der Waals surface area contributed by atoms with Crippen LogP contribution in [0.2, 0.25) is 0 Å². The maximum atomic E-state index is 13.3. The molecule has 2 atom stereocenters. The lowest BCUT2D eigenvalue weighted by Gasteiger charge is -2.36. The molecule has 0 amide bonds. The van der Waals surface area contributed by atoms with Crippen LogP contribution in [0.1, 0.15) is 25.3 Å². The van der Waals surface area contributed by atoms with E-state index >= 15 is 0 Å². The van der Waals surface area contributed by atoms with Gasteiger partial charge in [0.1, 0.15) is 11.9 Å². The van der Waals surface area contributed by atoms with Crippen LogP contribution in [0.4, 0.5) is 4.39 Å². The Morgan fingerprint density at radius 2 is 2.32 bits per heavy atom. The van der Waals surface area contributed by atoms with Gasteiger partial charge in [-0.3, -0.25) is 9.69 Å². The van der Waals surface area contributed by atoms with E-state index < -0.39 is 12.0 Å². The summed E-state index contributed by atoms with van der Waals surface area (Å²) in [5, 5.41) is 9.30. The van der Waals surface area contributed by atoms with Crippen molar-refractivity contribution in [3.63, 3.8) is 0 Å². The van der Waals surface area contributed by atoms with E-state index in [0.29, 0.717) is 18.9 Å². The predicted octanol–water partition coefficient (Wildman–Crippen LogP) is 3.27. The van der Waals surface area contributed by atoms with Crippen molar-refractivity contribution in [3.05, 3.63) is 34.1 Å². The minimum atomic E-state index is -0.793. The average Bonchev–Trinajstić information content (AvgIpc) is 2.35. The van der Waals surface area contributed by atoms with E-state index in [-0.39, 0.29) is 5.82 Å². The highest BCUT2D eigenvalue weighted by Crippen LogP contribution is 2.27. The molecule has 104 valence electrons. The van der Waals surface area contributed by atoms with E-state index in [1.54, 1.807) is 6.07 Å². The number of likely N-dealkylation sites (tertiary alicyclic amines) is 1. The molecule has 3 nitrogen and oxygen atoms in total. The molecule has 2 unspecified atom stereocenters. The van der Waals surface area contributed by atoms with Gasteiger partial charge in [0.15, 0.2) is 0 Å². The molecule has 0 aromatic heterocycles. The summed E-state index contributed by atoms with van der Waals surface area (Å²) in [4.78, 5) is 13.2. The highest BCUT2D eigenvalue weighted by atomic mass is 79.9. The molecule has 1 aliphatic rings. The zero-order chi connectivity index (χ0) is 14.0. The second-order valence-electron chi connectivity index (χ2n) is 5.19. The zero-order valence-electron chi connectivity index (χ0n) is 10.8. The summed E-state index contributed by atoms with van der Waals surface area (Å²) in [5.74, 6) is -0.664. The van der Waals surface area contributed by atoms with Crippen LogP contribution >= 0.6 is 15.9 Å². The molecular formula is C14H17BrFNO2. The molecule has 0 bridgehead atoms. The average molecular weight is 330 g/mol. The summed E-state index contributed by atoms with van der Waals surface area (Å²) in [6, 6.07) is 4.04. The fraction of sp³-hybridized carbons (Fsp3) is 0.500. The first-order valence-corrected chi connectivity index (χ1v) is 7.17. The Kier molecular flexibility index (Phi) is 4.58. The van der Waals surface area contributed by atoms with Gasteiger partial charge in [-0.2, -0.15) is 0 Å². The number of halogens is 2. The van der Waals surface area contributed by atoms with Crippen molar-refractivity contribution in [2.24, 2.45) is 5.92 Å². The quantitative estimate of drug-likeness (QED) is 0.925. The highest BCUT2D eigenvalue weighted by molar-refractivity contribution is 9.10. The molecule has 19 heavy (non-hydrogen) atoms. The number of nitrogens with zero attached hydrogens (tertiary/aromatic N) is 1. The van der Waals surface area contributed by atoms with Gasteiger partial charge in [-0.25, -0.2) is 4.39 Å². The number of hydrogen-bond donors (Lipinski definition) is 1. The Balaban J connectivity index is 2.16. The Labute approximate surface area is 120 Å². The van der Waals surface area contributed by atoms with Gasteiger partial charge in [-0.15, -0.1) is 0 Å². The van der Waals surface area contributed by atoms with Crippen LogP contribution < -0.4 is 0 Å². The summed E-state index contributed by atoms with van der Waals surface area (Å²) >= 11 is 3.39. The standard InChI is InChI=1S/C14H17BrFNO2/c1-9-4-5-17(13(6-9)14(18)19)8-10-7-11(16)2-3-12(10)15/h2-3,7,9,13H,4-6,8H2,1H3,(H,18,19). The number of aliphatic carboxylic acids is 1. The number of carbonyl (C=O) groups is 1. The van der Waals surface area contributed by atoms with Gasteiger partial charge >= 0.3 is 5.97 Å². The SMILES string of the molecule is CC1CCN(Cc2cc(F)ccc2Br)C(C(=O)O)C1. The van der Waals surface area contributed by atoms with Crippen LogP contribution in [-0.4, -0.2) is 28.6 Å². The van der Waals surface area contributed by atoms with Gasteiger partial charge in [0, 0.05) is 11.0 Å². The maximum absolute atomic E-state index is 13.3. The second-order valence-corrected chi connectivity index (χ2v) is 6.04. The first kappa shape index (κ1) is 14.5. The third kappa shape index (κ3) is 3.54. The maximum Gasteiger partial charge on any atom is 0.320 e. The van der Waals surface area contributed by atoms with Crippen molar-refractivity contribution in [2.75, 3.05) is 6.54 Å². The summed E-state index contributed by atoms with van der Waals surface area (Å²) in [5.41, 5.74) is 0.792. The van der Waals surface area contributed by atoms with Gasteiger partial charge in [0.2, 0.25) is 0 Å². The third-order valence-corrected chi connectivity index (χ3v) is 4.42. The highest BCUT2D eigenvalue weighted by Gasteiger charge is 2.31. The van der Waals surface area contributed by atoms with E-state index in [4.69, 9.17) is 0 Å². The van der Waals surface area contributed by atoms with Gasteiger partial charge < -0.3 is 5.11 Å². The van der Waals surface area contributed by atoms with Crippen LogP contribution in [0, 0.1) is 11.7 Å². The molecule has 1 aliphatic heterocycles. The molecule has 0 spiro atoms. The summed E-state index contributed by atoms with van der Waals surface area (Å²) in [6.07, 6.45) is 1.64. The molecule has 0 radical (unpaired) electrons. The van der Waals surface area contributed by atoms with E-state index in [1.807, 2.05) is 4.90 Å². The lowest BCUT2D eigenvalue weighted by atomic mass is 9.92. The van der Waals surface area contributed by atoms with Crippen LogP contribution in [0.25, 0.3) is 0 Å². The zero-order valence-corrected chi connectivity index (χ0v) is 12.4. The Bertz CT molecular complexity index is 481. The minimum absolute atomic E-state index is 0.296. The number of hydrogen-bond acceptors (Lipinski definition) is 2.